The molecule has 0 saturated carbocycles. The molecule has 0 spiro atoms. The molecular weight excluding hydrogens is 474 g/mol. The second-order valence-electron chi connectivity index (χ2n) is 6.33. The molecular formula is C16H11F14O. The lowest BCUT2D eigenvalue weighted by atomic mass is 9.89. The van der Waals surface area contributed by atoms with Crippen LogP contribution in [0, 0.1) is 0 Å². The SMILES string of the molecule is [O]CCCCc1ccc(C(F)(F)C(F)(F)C(F)(F)F)cc1C(F)(F)C(F)(F)C(F)(F)F. The Morgan fingerprint density at radius 3 is 1.48 bits per heavy atom. The van der Waals surface area contributed by atoms with E-state index in [-0.39, 0.29) is 18.6 Å². The first-order valence-corrected chi connectivity index (χ1v) is 8.03. The van der Waals surface area contributed by atoms with Crippen LogP contribution >= 0.6 is 0 Å². The largest absolute Gasteiger partial charge is 0.460 e. The van der Waals surface area contributed by atoms with Crippen molar-refractivity contribution in [3.05, 3.63) is 34.9 Å². The molecule has 179 valence electrons. The van der Waals surface area contributed by atoms with Gasteiger partial charge in [-0.15, -0.1) is 0 Å². The molecule has 0 aliphatic rings. The van der Waals surface area contributed by atoms with Gasteiger partial charge in [-0.25, -0.2) is 5.11 Å². The van der Waals surface area contributed by atoms with Gasteiger partial charge in [-0.1, -0.05) is 12.1 Å². The van der Waals surface area contributed by atoms with E-state index in [2.05, 4.69) is 0 Å². The molecule has 0 N–H and O–H groups in total. The van der Waals surface area contributed by atoms with E-state index in [0.29, 0.717) is 0 Å². The third-order valence-corrected chi connectivity index (χ3v) is 4.15. The van der Waals surface area contributed by atoms with Crippen LogP contribution in [0.25, 0.3) is 0 Å². The highest BCUT2D eigenvalue weighted by Gasteiger charge is 2.75. The van der Waals surface area contributed by atoms with Crippen LogP contribution in [0.1, 0.15) is 29.5 Å². The van der Waals surface area contributed by atoms with Crippen LogP contribution in [0.3, 0.4) is 0 Å². The summed E-state index contributed by atoms with van der Waals surface area (Å²) in [4.78, 5) is 0. The minimum absolute atomic E-state index is 0.0101. The van der Waals surface area contributed by atoms with E-state index in [4.69, 9.17) is 0 Å². The molecule has 0 unspecified atom stereocenters. The molecule has 0 fully saturated rings. The van der Waals surface area contributed by atoms with Crippen molar-refractivity contribution >= 4 is 0 Å². The van der Waals surface area contributed by atoms with Crippen LogP contribution in [0.15, 0.2) is 18.2 Å². The van der Waals surface area contributed by atoms with Crippen molar-refractivity contribution in [2.45, 2.75) is 55.3 Å². The molecule has 1 aromatic carbocycles. The summed E-state index contributed by atoms with van der Waals surface area (Å²) in [6.07, 6.45) is -15.4. The molecule has 0 aliphatic carbocycles. The van der Waals surface area contributed by atoms with Crippen LogP contribution in [0.2, 0.25) is 0 Å². The standard InChI is InChI=1S/C16H11F14O/c17-11(18,13(21,22)15(25,26)27)9-5-4-8(3-1-2-6-31)10(7-9)12(19,20)14(23,24)16(28,29)30/h4-5,7H,1-3,6H2. The number of rotatable bonds is 8. The Labute approximate surface area is 164 Å². The van der Waals surface area contributed by atoms with E-state index >= 15 is 0 Å². The maximum atomic E-state index is 14.1. The predicted molar refractivity (Wildman–Crippen MR) is 74.7 cm³/mol. The van der Waals surface area contributed by atoms with Crippen molar-refractivity contribution in [1.29, 1.82) is 0 Å². The van der Waals surface area contributed by atoms with Crippen LogP contribution in [0.5, 0.6) is 0 Å². The first-order chi connectivity index (χ1) is 13.7. The van der Waals surface area contributed by atoms with Gasteiger partial charge in [0.2, 0.25) is 0 Å². The Bertz CT molecular complexity index is 763. The summed E-state index contributed by atoms with van der Waals surface area (Å²) in [5, 5.41) is 10.4. The van der Waals surface area contributed by atoms with Crippen molar-refractivity contribution < 1.29 is 66.6 Å². The Balaban J connectivity index is 3.75. The Morgan fingerprint density at radius 1 is 0.613 bits per heavy atom. The second kappa shape index (κ2) is 8.28. The monoisotopic (exact) mass is 485 g/mol. The Kier molecular flexibility index (Phi) is 7.27. The zero-order valence-corrected chi connectivity index (χ0v) is 14.8. The van der Waals surface area contributed by atoms with Gasteiger partial charge >= 0.3 is 36.0 Å². The van der Waals surface area contributed by atoms with Gasteiger partial charge in [0.25, 0.3) is 0 Å². The summed E-state index contributed by atoms with van der Waals surface area (Å²) in [6, 6.07) is -1.15. The van der Waals surface area contributed by atoms with E-state index in [0.717, 1.165) is 0 Å². The molecule has 0 atom stereocenters. The van der Waals surface area contributed by atoms with Crippen molar-refractivity contribution in [1.82, 2.24) is 0 Å². The summed E-state index contributed by atoms with van der Waals surface area (Å²) in [5.74, 6) is -26.4. The maximum Gasteiger partial charge on any atom is 0.460 e. The number of hydrogen-bond acceptors (Lipinski definition) is 0. The Hall–Kier alpha value is -1.80. The van der Waals surface area contributed by atoms with Gasteiger partial charge in [0.1, 0.15) is 0 Å². The molecule has 15 heteroatoms. The molecule has 0 saturated heterocycles. The summed E-state index contributed by atoms with van der Waals surface area (Å²) in [7, 11) is 0. The van der Waals surface area contributed by atoms with Crippen LogP contribution in [-0.2, 0) is 23.4 Å². The minimum Gasteiger partial charge on any atom is -0.237 e. The average Bonchev–Trinajstić information content (AvgIpc) is 2.59. The van der Waals surface area contributed by atoms with E-state index in [1.807, 2.05) is 0 Å². The molecule has 0 bridgehead atoms. The van der Waals surface area contributed by atoms with Gasteiger partial charge in [-0.05, 0) is 30.9 Å². The molecule has 0 heterocycles. The number of aryl methyl sites for hydroxylation is 1. The molecule has 0 aromatic heterocycles. The third kappa shape index (κ3) is 4.70. The third-order valence-electron chi connectivity index (χ3n) is 4.15. The van der Waals surface area contributed by atoms with Gasteiger partial charge in [0, 0.05) is 11.1 Å². The fourth-order valence-corrected chi connectivity index (χ4v) is 2.41. The minimum atomic E-state index is -6.93. The molecule has 0 aliphatic heterocycles. The van der Waals surface area contributed by atoms with Crippen molar-refractivity contribution in [3.63, 3.8) is 0 Å². The lowest BCUT2D eigenvalue weighted by molar-refractivity contribution is -0.361. The second-order valence-corrected chi connectivity index (χ2v) is 6.33. The average molecular weight is 485 g/mol. The topological polar surface area (TPSA) is 19.9 Å². The highest BCUT2D eigenvalue weighted by Crippen LogP contribution is 2.55. The highest BCUT2D eigenvalue weighted by molar-refractivity contribution is 5.39. The molecule has 0 amide bonds. The fourth-order valence-electron chi connectivity index (χ4n) is 2.41. The summed E-state index contributed by atoms with van der Waals surface area (Å²) >= 11 is 0. The number of benzene rings is 1. The maximum absolute atomic E-state index is 14.1. The van der Waals surface area contributed by atoms with Crippen molar-refractivity contribution in [2.75, 3.05) is 6.61 Å². The summed E-state index contributed by atoms with van der Waals surface area (Å²) < 4.78 is 183. The molecule has 1 aromatic rings. The van der Waals surface area contributed by atoms with E-state index in [1.165, 1.54) is 0 Å². The molecule has 1 nitrogen and oxygen atoms in total. The fraction of sp³-hybridized carbons (Fsp3) is 0.625. The highest BCUT2D eigenvalue weighted by atomic mass is 19.4. The number of halogens is 14. The number of alkyl halides is 14. The molecule has 31 heavy (non-hydrogen) atoms. The Morgan fingerprint density at radius 2 is 1.06 bits per heavy atom. The van der Waals surface area contributed by atoms with Gasteiger partial charge in [-0.2, -0.15) is 61.5 Å². The van der Waals surface area contributed by atoms with Gasteiger partial charge in [-0.3, -0.25) is 0 Å². The zero-order valence-electron chi connectivity index (χ0n) is 14.8. The van der Waals surface area contributed by atoms with E-state index in [9.17, 15) is 66.6 Å². The van der Waals surface area contributed by atoms with Gasteiger partial charge < -0.3 is 0 Å². The lowest BCUT2D eigenvalue weighted by Gasteiger charge is -2.32. The quantitative estimate of drug-likeness (QED) is 0.279. The smallest absolute Gasteiger partial charge is 0.237 e. The predicted octanol–water partition coefficient (Wildman–Crippen LogP) is 7.02. The van der Waals surface area contributed by atoms with Crippen LogP contribution in [-0.4, -0.2) is 30.8 Å². The molecule has 1 rings (SSSR count). The normalized spacial score (nSPS) is 14.8. The van der Waals surface area contributed by atoms with Crippen molar-refractivity contribution in [2.24, 2.45) is 0 Å². The first-order valence-electron chi connectivity index (χ1n) is 8.03. The number of hydrogen-bond donors (Lipinski definition) is 0. The van der Waals surface area contributed by atoms with E-state index < -0.39 is 78.2 Å². The van der Waals surface area contributed by atoms with Gasteiger partial charge in [0.05, 0.1) is 6.61 Å². The zero-order chi connectivity index (χ0) is 24.7. The summed E-state index contributed by atoms with van der Waals surface area (Å²) in [5.41, 5.74) is -6.25. The van der Waals surface area contributed by atoms with Gasteiger partial charge in [0.15, 0.2) is 0 Å². The first kappa shape index (κ1) is 27.2. The van der Waals surface area contributed by atoms with E-state index in [1.54, 1.807) is 0 Å². The summed E-state index contributed by atoms with van der Waals surface area (Å²) in [6.45, 7) is -0.835. The lowest BCUT2D eigenvalue weighted by Crippen LogP contribution is -2.51. The number of unbranched alkanes of at least 4 members (excludes halogenated alkanes) is 1. The molecule has 1 radical (unpaired) electrons. The van der Waals surface area contributed by atoms with Crippen molar-refractivity contribution in [3.8, 4) is 0 Å². The van der Waals surface area contributed by atoms with Crippen LogP contribution in [0.4, 0.5) is 61.5 Å². The van der Waals surface area contributed by atoms with Crippen LogP contribution < -0.4 is 0 Å².